The molecule has 0 saturated heterocycles. The van der Waals surface area contributed by atoms with Crippen LogP contribution < -0.4 is 10.9 Å². The smallest absolute Gasteiger partial charge is 0.287 e. The molecule has 126 valence electrons. The molecule has 1 N–H and O–H groups in total. The van der Waals surface area contributed by atoms with Gasteiger partial charge in [0.2, 0.25) is 5.91 Å². The Morgan fingerprint density at radius 3 is 2.71 bits per heavy atom. The van der Waals surface area contributed by atoms with Crippen LogP contribution in [0.4, 0.5) is 4.39 Å². The number of hydrogen-bond donors (Lipinski definition) is 1. The van der Waals surface area contributed by atoms with Gasteiger partial charge in [0, 0.05) is 24.1 Å². The van der Waals surface area contributed by atoms with Crippen LogP contribution in [-0.4, -0.2) is 27.3 Å². The average molecular weight is 347 g/mol. The third kappa shape index (κ3) is 4.03. The summed E-state index contributed by atoms with van der Waals surface area (Å²) in [6.07, 6.45) is 7.39. The molecule has 1 aliphatic carbocycles. The van der Waals surface area contributed by atoms with Crippen LogP contribution in [0.15, 0.2) is 46.5 Å². The number of aromatic nitrogens is 2. The van der Waals surface area contributed by atoms with Crippen molar-refractivity contribution in [3.8, 4) is 5.69 Å². The first-order valence-electron chi connectivity index (χ1n) is 7.89. The average Bonchev–Trinajstić information content (AvgIpc) is 3.08. The number of nitrogens with zero attached hydrogens (tertiary/aromatic N) is 2. The quantitative estimate of drug-likeness (QED) is 0.844. The maximum absolute atomic E-state index is 13.0. The molecule has 1 amide bonds. The summed E-state index contributed by atoms with van der Waals surface area (Å²) in [5.41, 5.74) is 0.240. The second-order valence-corrected chi connectivity index (χ2v) is 6.69. The normalized spacial score (nSPS) is 14.7. The van der Waals surface area contributed by atoms with Crippen molar-refractivity contribution < 1.29 is 9.18 Å². The first kappa shape index (κ1) is 16.7. The van der Waals surface area contributed by atoms with Gasteiger partial charge in [0.25, 0.3) is 5.56 Å². The Balaban J connectivity index is 1.68. The minimum Gasteiger partial charge on any atom is -0.353 e. The molecular formula is C17H18FN3O2S. The number of rotatable bonds is 5. The number of halogens is 1. The lowest BCUT2D eigenvalue weighted by Gasteiger charge is -2.11. The van der Waals surface area contributed by atoms with Gasteiger partial charge >= 0.3 is 0 Å². The van der Waals surface area contributed by atoms with Crippen LogP contribution in [0.25, 0.3) is 5.69 Å². The van der Waals surface area contributed by atoms with Gasteiger partial charge in [-0.05, 0) is 37.1 Å². The van der Waals surface area contributed by atoms with Gasteiger partial charge in [-0.1, -0.05) is 24.6 Å². The molecule has 0 spiro atoms. The molecule has 0 aliphatic heterocycles. The van der Waals surface area contributed by atoms with E-state index in [1.807, 2.05) is 0 Å². The molecule has 1 saturated carbocycles. The van der Waals surface area contributed by atoms with Gasteiger partial charge in [-0.2, -0.15) is 0 Å². The van der Waals surface area contributed by atoms with Gasteiger partial charge in [0.05, 0.1) is 5.75 Å². The molecule has 1 aliphatic rings. The van der Waals surface area contributed by atoms with Crippen molar-refractivity contribution in [2.75, 3.05) is 5.75 Å². The van der Waals surface area contributed by atoms with E-state index >= 15 is 0 Å². The molecule has 1 fully saturated rings. The zero-order valence-electron chi connectivity index (χ0n) is 13.1. The van der Waals surface area contributed by atoms with Crippen molar-refractivity contribution >= 4 is 17.7 Å². The lowest BCUT2D eigenvalue weighted by atomic mass is 10.2. The Labute approximate surface area is 143 Å². The minimum absolute atomic E-state index is 0.0784. The van der Waals surface area contributed by atoms with E-state index in [1.165, 1.54) is 41.2 Å². The number of amides is 1. The van der Waals surface area contributed by atoms with E-state index in [1.54, 1.807) is 0 Å². The van der Waals surface area contributed by atoms with E-state index in [-0.39, 0.29) is 34.1 Å². The summed E-state index contributed by atoms with van der Waals surface area (Å²) in [5.74, 6) is -0.282. The fourth-order valence-corrected chi connectivity index (χ4v) is 3.48. The van der Waals surface area contributed by atoms with Crippen molar-refractivity contribution in [2.24, 2.45) is 0 Å². The predicted molar refractivity (Wildman–Crippen MR) is 90.9 cm³/mol. The van der Waals surface area contributed by atoms with Gasteiger partial charge < -0.3 is 5.32 Å². The summed E-state index contributed by atoms with van der Waals surface area (Å²) in [7, 11) is 0. The fourth-order valence-electron chi connectivity index (χ4n) is 2.77. The lowest BCUT2D eigenvalue weighted by molar-refractivity contribution is -0.119. The van der Waals surface area contributed by atoms with Gasteiger partial charge in [-0.3, -0.25) is 14.2 Å². The number of hydrogen-bond acceptors (Lipinski definition) is 4. The summed E-state index contributed by atoms with van der Waals surface area (Å²) in [5, 5.41) is 3.24. The highest BCUT2D eigenvalue weighted by Gasteiger charge is 2.17. The van der Waals surface area contributed by atoms with Crippen molar-refractivity contribution in [3.63, 3.8) is 0 Å². The number of carbonyl (C=O) groups is 1. The van der Waals surface area contributed by atoms with E-state index in [2.05, 4.69) is 10.3 Å². The van der Waals surface area contributed by atoms with Gasteiger partial charge in [-0.15, -0.1) is 0 Å². The zero-order chi connectivity index (χ0) is 16.9. The molecule has 1 aromatic carbocycles. The topological polar surface area (TPSA) is 64.0 Å². The van der Waals surface area contributed by atoms with E-state index < -0.39 is 0 Å². The summed E-state index contributed by atoms with van der Waals surface area (Å²) in [4.78, 5) is 28.5. The second kappa shape index (κ2) is 7.61. The van der Waals surface area contributed by atoms with Crippen molar-refractivity contribution in [3.05, 3.63) is 52.8 Å². The van der Waals surface area contributed by atoms with Crippen LogP contribution >= 0.6 is 11.8 Å². The van der Waals surface area contributed by atoms with Crippen LogP contribution in [0.2, 0.25) is 0 Å². The minimum atomic E-state index is -0.362. The fraction of sp³-hybridized carbons (Fsp3) is 0.353. The number of benzene rings is 1. The molecule has 0 atom stereocenters. The van der Waals surface area contributed by atoms with Crippen LogP contribution in [0.1, 0.15) is 25.7 Å². The Bertz CT molecular complexity index is 770. The van der Waals surface area contributed by atoms with Gasteiger partial charge in [0.1, 0.15) is 5.82 Å². The summed E-state index contributed by atoms with van der Waals surface area (Å²) < 4.78 is 14.4. The Kier molecular flexibility index (Phi) is 5.30. The highest BCUT2D eigenvalue weighted by atomic mass is 32.2. The summed E-state index contributed by atoms with van der Waals surface area (Å²) >= 11 is 1.12. The lowest BCUT2D eigenvalue weighted by Crippen LogP contribution is -2.34. The van der Waals surface area contributed by atoms with Crippen LogP contribution in [0, 0.1) is 5.82 Å². The Morgan fingerprint density at radius 2 is 2.00 bits per heavy atom. The molecule has 0 radical (unpaired) electrons. The van der Waals surface area contributed by atoms with Gasteiger partial charge in [0.15, 0.2) is 5.03 Å². The summed E-state index contributed by atoms with van der Waals surface area (Å²) in [6.45, 7) is 0. The van der Waals surface area contributed by atoms with Gasteiger partial charge in [-0.25, -0.2) is 9.37 Å². The standard InChI is InChI=1S/C17H18FN3O2S/c18-12-5-7-14(8-6-12)21-10-9-19-16(17(21)23)24-11-15(22)20-13-3-1-2-4-13/h5-10,13H,1-4,11H2,(H,20,22). The molecular weight excluding hydrogens is 329 g/mol. The van der Waals surface area contributed by atoms with Crippen LogP contribution in [0.3, 0.4) is 0 Å². The maximum Gasteiger partial charge on any atom is 0.287 e. The van der Waals surface area contributed by atoms with Crippen LogP contribution in [0.5, 0.6) is 0 Å². The Morgan fingerprint density at radius 1 is 1.29 bits per heavy atom. The monoisotopic (exact) mass is 347 g/mol. The largest absolute Gasteiger partial charge is 0.353 e. The molecule has 3 rings (SSSR count). The van der Waals surface area contributed by atoms with E-state index in [0.29, 0.717) is 5.69 Å². The summed E-state index contributed by atoms with van der Waals surface area (Å²) in [6, 6.07) is 5.90. The SMILES string of the molecule is O=C(CSc1nccn(-c2ccc(F)cc2)c1=O)NC1CCCC1. The number of nitrogens with one attached hydrogen (secondary N) is 1. The molecule has 0 bridgehead atoms. The Hall–Kier alpha value is -2.15. The molecule has 2 aromatic rings. The molecule has 1 heterocycles. The third-order valence-electron chi connectivity index (χ3n) is 3.97. The number of thioether (sulfide) groups is 1. The number of carbonyl (C=O) groups excluding carboxylic acids is 1. The highest BCUT2D eigenvalue weighted by molar-refractivity contribution is 7.99. The molecule has 24 heavy (non-hydrogen) atoms. The van der Waals surface area contributed by atoms with E-state index in [4.69, 9.17) is 0 Å². The zero-order valence-corrected chi connectivity index (χ0v) is 13.9. The first-order valence-corrected chi connectivity index (χ1v) is 8.88. The maximum atomic E-state index is 13.0. The third-order valence-corrected chi connectivity index (χ3v) is 4.93. The predicted octanol–water partition coefficient (Wildman–Crippen LogP) is 2.52. The molecule has 1 aromatic heterocycles. The van der Waals surface area contributed by atoms with E-state index in [0.717, 1.165) is 37.4 Å². The second-order valence-electron chi connectivity index (χ2n) is 5.72. The molecule has 0 unspecified atom stereocenters. The molecule has 7 heteroatoms. The highest BCUT2D eigenvalue weighted by Crippen LogP contribution is 2.18. The van der Waals surface area contributed by atoms with E-state index in [9.17, 15) is 14.0 Å². The van der Waals surface area contributed by atoms with Crippen molar-refractivity contribution in [1.82, 2.24) is 14.9 Å². The van der Waals surface area contributed by atoms with Crippen molar-refractivity contribution in [2.45, 2.75) is 36.8 Å². The van der Waals surface area contributed by atoms with Crippen LogP contribution in [-0.2, 0) is 4.79 Å². The first-order chi connectivity index (χ1) is 11.6. The van der Waals surface area contributed by atoms with Crippen molar-refractivity contribution in [1.29, 1.82) is 0 Å². The molecule has 5 nitrogen and oxygen atoms in total.